The van der Waals surface area contributed by atoms with Crippen LogP contribution in [0.2, 0.25) is 5.02 Å². The van der Waals surface area contributed by atoms with Crippen LogP contribution in [0.3, 0.4) is 0 Å². The van der Waals surface area contributed by atoms with Gasteiger partial charge in [0.05, 0.1) is 35.2 Å². The fraction of sp³-hybridized carbons (Fsp3) is 0.240. The van der Waals surface area contributed by atoms with Crippen LogP contribution in [0.5, 0.6) is 0 Å². The summed E-state index contributed by atoms with van der Waals surface area (Å²) in [6.45, 7) is 2.06. The van der Waals surface area contributed by atoms with Gasteiger partial charge in [-0.2, -0.15) is 0 Å². The molecule has 3 aliphatic rings. The maximum absolute atomic E-state index is 13.4. The lowest BCUT2D eigenvalue weighted by Crippen LogP contribution is -2.33. The highest BCUT2D eigenvalue weighted by Gasteiger charge is 2.62. The fourth-order valence-electron chi connectivity index (χ4n) is 5.29. The van der Waals surface area contributed by atoms with E-state index in [1.807, 2.05) is 30.3 Å². The lowest BCUT2D eigenvalue weighted by Gasteiger charge is -2.20. The number of benzene rings is 2. The SMILES string of the molecule is COC(=O)c1cc(N2C(=O)[C@H]3[C@H](C2=O)[C@H]2C=C[C@H]3C2=C(C)c2ccccc2)ccc1Cl. The van der Waals surface area contributed by atoms with Crippen molar-refractivity contribution >= 4 is 40.6 Å². The van der Waals surface area contributed by atoms with Gasteiger partial charge in [0.15, 0.2) is 0 Å². The van der Waals surface area contributed by atoms with Gasteiger partial charge < -0.3 is 4.74 Å². The van der Waals surface area contributed by atoms with Crippen molar-refractivity contribution in [3.05, 3.63) is 82.4 Å². The molecule has 31 heavy (non-hydrogen) atoms. The van der Waals surface area contributed by atoms with Crippen molar-refractivity contribution in [3.63, 3.8) is 0 Å². The van der Waals surface area contributed by atoms with Crippen molar-refractivity contribution < 1.29 is 19.1 Å². The quantitative estimate of drug-likeness (QED) is 0.405. The third-order valence-electron chi connectivity index (χ3n) is 6.67. The first-order chi connectivity index (χ1) is 14.9. The van der Waals surface area contributed by atoms with Crippen molar-refractivity contribution in [2.45, 2.75) is 6.92 Å². The number of allylic oxidation sites excluding steroid dienone is 4. The molecule has 4 atom stereocenters. The van der Waals surface area contributed by atoms with Crippen molar-refractivity contribution in [2.75, 3.05) is 12.0 Å². The summed E-state index contributed by atoms with van der Waals surface area (Å²) in [5.74, 6) is -2.11. The summed E-state index contributed by atoms with van der Waals surface area (Å²) in [7, 11) is 1.26. The number of esters is 1. The third kappa shape index (κ3) is 2.80. The lowest BCUT2D eigenvalue weighted by atomic mass is 9.85. The van der Waals surface area contributed by atoms with E-state index in [2.05, 4.69) is 19.1 Å². The molecule has 2 aliphatic carbocycles. The molecule has 2 bridgehead atoms. The number of hydrogen-bond acceptors (Lipinski definition) is 4. The van der Waals surface area contributed by atoms with Gasteiger partial charge in [-0.15, -0.1) is 0 Å². The Hall–Kier alpha value is -3.18. The molecule has 0 spiro atoms. The van der Waals surface area contributed by atoms with E-state index in [-0.39, 0.29) is 34.2 Å². The summed E-state index contributed by atoms with van der Waals surface area (Å²) in [5.41, 5.74) is 3.86. The molecule has 156 valence electrons. The zero-order valence-electron chi connectivity index (χ0n) is 17.0. The van der Waals surface area contributed by atoms with Crippen LogP contribution in [-0.4, -0.2) is 24.9 Å². The van der Waals surface area contributed by atoms with E-state index in [1.165, 1.54) is 24.1 Å². The van der Waals surface area contributed by atoms with Crippen molar-refractivity contribution in [1.82, 2.24) is 0 Å². The molecule has 2 aromatic rings. The van der Waals surface area contributed by atoms with Crippen LogP contribution >= 0.6 is 11.6 Å². The largest absolute Gasteiger partial charge is 0.465 e. The van der Waals surface area contributed by atoms with E-state index < -0.39 is 17.8 Å². The van der Waals surface area contributed by atoms with Crippen LogP contribution in [-0.2, 0) is 14.3 Å². The standard InChI is InChI=1S/C25H20ClNO4/c1-13(14-6-4-3-5-7-14)20-16-9-10-17(20)22-21(16)23(28)27(24(22)29)15-8-11-19(26)18(12-15)25(30)31-2/h3-12,16-17,21-22H,1-2H3/t16-,17-,21+,22+/m0/s1. The number of imide groups is 1. The lowest BCUT2D eigenvalue weighted by molar-refractivity contribution is -0.122. The zero-order chi connectivity index (χ0) is 21.9. The number of carbonyl (C=O) groups is 3. The summed E-state index contributed by atoms with van der Waals surface area (Å²) in [4.78, 5) is 40.1. The Balaban J connectivity index is 1.53. The van der Waals surface area contributed by atoms with Gasteiger partial charge in [0.1, 0.15) is 0 Å². The Morgan fingerprint density at radius 2 is 1.58 bits per heavy atom. The molecule has 2 amide bonds. The molecule has 2 aromatic carbocycles. The maximum Gasteiger partial charge on any atom is 0.339 e. The maximum atomic E-state index is 13.4. The van der Waals surface area contributed by atoms with Gasteiger partial charge in [-0.25, -0.2) is 9.69 Å². The first kappa shape index (κ1) is 19.8. The van der Waals surface area contributed by atoms with Crippen LogP contribution < -0.4 is 4.90 Å². The van der Waals surface area contributed by atoms with Gasteiger partial charge in [-0.1, -0.05) is 59.7 Å². The van der Waals surface area contributed by atoms with Crippen molar-refractivity contribution in [2.24, 2.45) is 23.7 Å². The van der Waals surface area contributed by atoms with Gasteiger partial charge in [0, 0.05) is 11.8 Å². The molecule has 2 fully saturated rings. The van der Waals surface area contributed by atoms with E-state index in [0.29, 0.717) is 5.69 Å². The summed E-state index contributed by atoms with van der Waals surface area (Å²) >= 11 is 6.11. The first-order valence-corrected chi connectivity index (χ1v) is 10.5. The number of ether oxygens (including phenoxy) is 1. The Bertz CT molecular complexity index is 1150. The molecular weight excluding hydrogens is 414 g/mol. The Kier molecular flexibility index (Phi) is 4.59. The summed E-state index contributed by atoms with van der Waals surface area (Å²) in [5, 5.41) is 0.209. The summed E-state index contributed by atoms with van der Waals surface area (Å²) in [6, 6.07) is 14.6. The number of methoxy groups -OCH3 is 1. The van der Waals surface area contributed by atoms with E-state index in [1.54, 1.807) is 6.07 Å². The second-order valence-electron chi connectivity index (χ2n) is 8.10. The predicted molar refractivity (Wildman–Crippen MR) is 117 cm³/mol. The van der Waals surface area contributed by atoms with E-state index >= 15 is 0 Å². The molecule has 1 aliphatic heterocycles. The fourth-order valence-corrected chi connectivity index (χ4v) is 5.49. The molecule has 1 saturated carbocycles. The number of hydrogen-bond donors (Lipinski definition) is 0. The molecule has 0 N–H and O–H groups in total. The number of halogens is 1. The summed E-state index contributed by atoms with van der Waals surface area (Å²) in [6.07, 6.45) is 4.12. The van der Waals surface area contributed by atoms with E-state index in [0.717, 1.165) is 16.7 Å². The van der Waals surface area contributed by atoms with Gasteiger partial charge in [0.2, 0.25) is 11.8 Å². The minimum Gasteiger partial charge on any atom is -0.465 e. The van der Waals surface area contributed by atoms with Gasteiger partial charge in [0.25, 0.3) is 0 Å². The zero-order valence-corrected chi connectivity index (χ0v) is 17.8. The topological polar surface area (TPSA) is 63.7 Å². The molecule has 5 nitrogen and oxygen atoms in total. The van der Waals surface area contributed by atoms with Gasteiger partial charge >= 0.3 is 5.97 Å². The summed E-state index contributed by atoms with van der Waals surface area (Å²) < 4.78 is 4.76. The average molecular weight is 434 g/mol. The molecule has 1 heterocycles. The molecule has 0 unspecified atom stereocenters. The number of carbonyl (C=O) groups excluding carboxylic acids is 3. The second-order valence-corrected chi connectivity index (χ2v) is 8.51. The Labute approximate surface area is 184 Å². The second kappa shape index (κ2) is 7.20. The van der Waals surface area contributed by atoms with Gasteiger partial charge in [-0.05, 0) is 36.3 Å². The highest BCUT2D eigenvalue weighted by Crippen LogP contribution is 2.58. The molecular formula is C25H20ClNO4. The number of fused-ring (bicyclic) bond motifs is 5. The van der Waals surface area contributed by atoms with E-state index in [9.17, 15) is 14.4 Å². The van der Waals surface area contributed by atoms with Crippen LogP contribution in [0, 0.1) is 23.7 Å². The number of anilines is 1. The van der Waals surface area contributed by atoms with Crippen LogP contribution in [0.4, 0.5) is 5.69 Å². The van der Waals surface area contributed by atoms with Gasteiger partial charge in [-0.3, -0.25) is 9.59 Å². The molecule has 0 radical (unpaired) electrons. The highest BCUT2D eigenvalue weighted by molar-refractivity contribution is 6.34. The normalized spacial score (nSPS) is 25.9. The average Bonchev–Trinajstić information content (AvgIpc) is 3.43. The number of nitrogens with zero attached hydrogens (tertiary/aromatic N) is 1. The Morgan fingerprint density at radius 1 is 0.968 bits per heavy atom. The third-order valence-corrected chi connectivity index (χ3v) is 7.00. The highest BCUT2D eigenvalue weighted by atomic mass is 35.5. The minimum atomic E-state index is -0.614. The molecule has 6 heteroatoms. The predicted octanol–water partition coefficient (Wildman–Crippen LogP) is 4.52. The number of amides is 2. The van der Waals surface area contributed by atoms with Crippen molar-refractivity contribution in [3.8, 4) is 0 Å². The van der Waals surface area contributed by atoms with Crippen LogP contribution in [0.1, 0.15) is 22.8 Å². The molecule has 0 aromatic heterocycles. The molecule has 1 saturated heterocycles. The Morgan fingerprint density at radius 3 is 2.16 bits per heavy atom. The minimum absolute atomic E-state index is 0.0935. The van der Waals surface area contributed by atoms with Crippen LogP contribution in [0.15, 0.2) is 66.3 Å². The first-order valence-electron chi connectivity index (χ1n) is 10.1. The smallest absolute Gasteiger partial charge is 0.339 e. The van der Waals surface area contributed by atoms with Crippen LogP contribution in [0.25, 0.3) is 5.57 Å². The van der Waals surface area contributed by atoms with E-state index in [4.69, 9.17) is 16.3 Å². The van der Waals surface area contributed by atoms with Crippen molar-refractivity contribution in [1.29, 1.82) is 0 Å². The number of rotatable bonds is 3. The monoisotopic (exact) mass is 433 g/mol. The molecule has 5 rings (SSSR count).